The second kappa shape index (κ2) is 7.82. The largest absolute Gasteiger partial charge is 0.324 e. The Hall–Kier alpha value is -4.18. The summed E-state index contributed by atoms with van der Waals surface area (Å²) in [4.78, 5) is 29.1. The molecule has 1 N–H and O–H groups in total. The highest BCUT2D eigenvalue weighted by Gasteiger charge is 2.11. The first-order chi connectivity index (χ1) is 14.1. The fourth-order valence-corrected chi connectivity index (χ4v) is 2.87. The molecule has 4 aromatic rings. The van der Waals surface area contributed by atoms with E-state index in [0.717, 1.165) is 11.1 Å². The number of amides is 1. The summed E-state index contributed by atoms with van der Waals surface area (Å²) in [5, 5.41) is 7.19. The van der Waals surface area contributed by atoms with Crippen LogP contribution in [0.4, 0.5) is 5.69 Å². The number of hydrogen-bond acceptors (Lipinski definition) is 4. The van der Waals surface area contributed by atoms with Gasteiger partial charge in [0.1, 0.15) is 18.3 Å². The Bertz CT molecular complexity index is 1310. The van der Waals surface area contributed by atoms with E-state index in [4.69, 9.17) is 0 Å². The third-order valence-corrected chi connectivity index (χ3v) is 4.30. The van der Waals surface area contributed by atoms with Crippen molar-refractivity contribution >= 4 is 22.6 Å². The maximum atomic E-state index is 12.5. The van der Waals surface area contributed by atoms with Gasteiger partial charge in [-0.3, -0.25) is 18.8 Å². The highest BCUT2D eigenvalue weighted by molar-refractivity contribution is 5.90. The summed E-state index contributed by atoms with van der Waals surface area (Å²) in [6, 6.07) is 16.9. The molecule has 0 bridgehead atoms. The molecule has 0 unspecified atom stereocenters. The van der Waals surface area contributed by atoms with Crippen molar-refractivity contribution in [2.75, 3.05) is 5.32 Å². The molecule has 2 aromatic heterocycles. The average Bonchev–Trinajstić information content (AvgIpc) is 3.11. The van der Waals surface area contributed by atoms with Crippen molar-refractivity contribution in [1.82, 2.24) is 19.3 Å². The summed E-state index contributed by atoms with van der Waals surface area (Å²) >= 11 is 0. The SMILES string of the molecule is Cn1ncc2c(=O)n(CC(=O)Nc3cccc(C#Cc4ccccc4)c3)cnc21. The van der Waals surface area contributed by atoms with Crippen molar-refractivity contribution in [1.29, 1.82) is 0 Å². The van der Waals surface area contributed by atoms with Crippen LogP contribution in [0.2, 0.25) is 0 Å². The summed E-state index contributed by atoms with van der Waals surface area (Å²) < 4.78 is 2.78. The van der Waals surface area contributed by atoms with E-state index in [9.17, 15) is 9.59 Å². The number of fused-ring (bicyclic) bond motifs is 1. The third-order valence-electron chi connectivity index (χ3n) is 4.30. The topological polar surface area (TPSA) is 81.8 Å². The summed E-state index contributed by atoms with van der Waals surface area (Å²) in [5.41, 5.74) is 2.48. The van der Waals surface area contributed by atoms with Gasteiger partial charge in [0.15, 0.2) is 5.65 Å². The van der Waals surface area contributed by atoms with Crippen LogP contribution in [-0.2, 0) is 18.4 Å². The fraction of sp³-hybridized carbons (Fsp3) is 0.0909. The van der Waals surface area contributed by atoms with Gasteiger partial charge in [-0.25, -0.2) is 4.98 Å². The van der Waals surface area contributed by atoms with Crippen LogP contribution in [-0.4, -0.2) is 25.2 Å². The van der Waals surface area contributed by atoms with Crippen molar-refractivity contribution in [3.8, 4) is 11.8 Å². The zero-order valence-corrected chi connectivity index (χ0v) is 15.7. The molecule has 0 spiro atoms. The molecular weight excluding hydrogens is 366 g/mol. The van der Waals surface area contributed by atoms with Crippen molar-refractivity contribution in [2.45, 2.75) is 6.54 Å². The highest BCUT2D eigenvalue weighted by Crippen LogP contribution is 2.10. The number of rotatable bonds is 3. The number of aryl methyl sites for hydroxylation is 1. The van der Waals surface area contributed by atoms with Crippen LogP contribution < -0.4 is 10.9 Å². The first-order valence-electron chi connectivity index (χ1n) is 8.94. The molecule has 29 heavy (non-hydrogen) atoms. The number of carbonyl (C=O) groups excluding carboxylic acids is 1. The second-order valence-electron chi connectivity index (χ2n) is 6.43. The Balaban J connectivity index is 1.49. The monoisotopic (exact) mass is 383 g/mol. The van der Waals surface area contributed by atoms with Crippen LogP contribution in [0.1, 0.15) is 11.1 Å². The van der Waals surface area contributed by atoms with Gasteiger partial charge in [-0.05, 0) is 30.3 Å². The van der Waals surface area contributed by atoms with E-state index >= 15 is 0 Å². The van der Waals surface area contributed by atoms with Gasteiger partial charge in [-0.15, -0.1) is 0 Å². The maximum absolute atomic E-state index is 12.5. The van der Waals surface area contributed by atoms with Gasteiger partial charge in [0.25, 0.3) is 5.56 Å². The molecule has 0 saturated heterocycles. The van der Waals surface area contributed by atoms with Crippen molar-refractivity contribution in [3.05, 3.63) is 88.6 Å². The predicted octanol–water partition coefficient (Wildman–Crippen LogP) is 2.17. The zero-order valence-electron chi connectivity index (χ0n) is 15.7. The van der Waals surface area contributed by atoms with Gasteiger partial charge in [0.2, 0.25) is 5.91 Å². The summed E-state index contributed by atoms with van der Waals surface area (Å²) in [6.45, 7) is -0.142. The third kappa shape index (κ3) is 4.06. The summed E-state index contributed by atoms with van der Waals surface area (Å²) in [6.07, 6.45) is 2.81. The molecule has 0 aliphatic carbocycles. The minimum atomic E-state index is -0.328. The number of nitrogens with zero attached hydrogens (tertiary/aromatic N) is 4. The molecule has 0 aliphatic rings. The van der Waals surface area contributed by atoms with Crippen molar-refractivity contribution in [2.24, 2.45) is 7.05 Å². The number of hydrogen-bond donors (Lipinski definition) is 1. The van der Waals surface area contributed by atoms with E-state index in [1.54, 1.807) is 19.2 Å². The Morgan fingerprint density at radius 2 is 1.83 bits per heavy atom. The fourth-order valence-electron chi connectivity index (χ4n) is 2.87. The molecule has 7 heteroatoms. The lowest BCUT2D eigenvalue weighted by atomic mass is 10.1. The zero-order chi connectivity index (χ0) is 20.2. The van der Waals surface area contributed by atoms with Gasteiger partial charge in [0, 0.05) is 23.9 Å². The predicted molar refractivity (Wildman–Crippen MR) is 110 cm³/mol. The molecule has 4 rings (SSSR count). The van der Waals surface area contributed by atoms with Crippen LogP contribution in [0.3, 0.4) is 0 Å². The van der Waals surface area contributed by atoms with Gasteiger partial charge < -0.3 is 5.32 Å². The Morgan fingerprint density at radius 1 is 1.07 bits per heavy atom. The molecule has 2 aromatic carbocycles. The van der Waals surface area contributed by atoms with E-state index in [1.165, 1.54) is 21.8 Å². The van der Waals surface area contributed by atoms with E-state index in [-0.39, 0.29) is 18.0 Å². The van der Waals surface area contributed by atoms with E-state index in [2.05, 4.69) is 27.2 Å². The lowest BCUT2D eigenvalue weighted by Gasteiger charge is -2.07. The lowest BCUT2D eigenvalue weighted by molar-refractivity contribution is -0.116. The lowest BCUT2D eigenvalue weighted by Crippen LogP contribution is -2.27. The van der Waals surface area contributed by atoms with E-state index in [0.29, 0.717) is 16.7 Å². The minimum Gasteiger partial charge on any atom is -0.324 e. The molecule has 0 saturated carbocycles. The van der Waals surface area contributed by atoms with Gasteiger partial charge in [-0.2, -0.15) is 5.10 Å². The molecule has 1 amide bonds. The molecule has 0 atom stereocenters. The first-order valence-corrected chi connectivity index (χ1v) is 8.94. The summed E-state index contributed by atoms with van der Waals surface area (Å²) in [7, 11) is 1.71. The molecule has 142 valence electrons. The van der Waals surface area contributed by atoms with Crippen LogP contribution in [0.25, 0.3) is 11.0 Å². The highest BCUT2D eigenvalue weighted by atomic mass is 16.2. The molecule has 2 heterocycles. The van der Waals surface area contributed by atoms with Crippen LogP contribution >= 0.6 is 0 Å². The van der Waals surface area contributed by atoms with E-state index < -0.39 is 0 Å². The smallest absolute Gasteiger partial charge is 0.264 e. The van der Waals surface area contributed by atoms with Crippen LogP contribution in [0, 0.1) is 11.8 Å². The number of carbonyl (C=O) groups is 1. The number of aromatic nitrogens is 4. The second-order valence-corrected chi connectivity index (χ2v) is 6.43. The van der Waals surface area contributed by atoms with Gasteiger partial charge in [0.05, 0.1) is 6.20 Å². The van der Waals surface area contributed by atoms with Crippen molar-refractivity contribution < 1.29 is 4.79 Å². The number of nitrogens with one attached hydrogen (secondary N) is 1. The van der Waals surface area contributed by atoms with Crippen LogP contribution in [0.15, 0.2) is 71.9 Å². The van der Waals surface area contributed by atoms with Gasteiger partial charge >= 0.3 is 0 Å². The molecule has 7 nitrogen and oxygen atoms in total. The number of anilines is 1. The number of benzene rings is 2. The molecule has 0 radical (unpaired) electrons. The summed E-state index contributed by atoms with van der Waals surface area (Å²) in [5.74, 6) is 5.84. The normalized spacial score (nSPS) is 10.4. The Labute approximate surface area is 166 Å². The van der Waals surface area contributed by atoms with Crippen LogP contribution in [0.5, 0.6) is 0 Å². The Morgan fingerprint density at radius 3 is 2.66 bits per heavy atom. The van der Waals surface area contributed by atoms with Gasteiger partial charge in [-0.1, -0.05) is 36.1 Å². The quantitative estimate of drug-likeness (QED) is 0.550. The Kier molecular flexibility index (Phi) is 4.91. The molecular formula is C22H17N5O2. The van der Waals surface area contributed by atoms with Crippen molar-refractivity contribution in [3.63, 3.8) is 0 Å². The maximum Gasteiger partial charge on any atom is 0.264 e. The average molecular weight is 383 g/mol. The molecule has 0 fully saturated rings. The van der Waals surface area contributed by atoms with E-state index in [1.807, 2.05) is 42.5 Å². The minimum absolute atomic E-state index is 0.142. The standard InChI is InChI=1S/C22H17N5O2/c1-26-21-19(13-24-26)22(29)27(15-23-21)14-20(28)25-18-9-5-8-17(12-18)11-10-16-6-3-2-4-7-16/h2-9,12-13,15H,14H2,1H3,(H,25,28). The first kappa shape index (κ1) is 18.2. The molecule has 0 aliphatic heterocycles.